The number of aryl methyl sites for hydroxylation is 3. The van der Waals surface area contributed by atoms with Crippen LogP contribution < -0.4 is 0 Å². The van der Waals surface area contributed by atoms with Crippen LogP contribution in [0.1, 0.15) is 16.7 Å². The fraction of sp³-hybridized carbons (Fsp3) is 0.150. The molecule has 104 valence electrons. The maximum Gasteiger partial charge on any atom is 0.0704 e. The third kappa shape index (κ3) is 2.73. The second-order valence-corrected chi connectivity index (χ2v) is 5.56. The van der Waals surface area contributed by atoms with E-state index in [1.807, 2.05) is 18.3 Å². The molecule has 0 fully saturated rings. The molecule has 0 radical (unpaired) electrons. The fourth-order valence-electron chi connectivity index (χ4n) is 2.63. The van der Waals surface area contributed by atoms with Crippen molar-refractivity contribution in [2.24, 2.45) is 0 Å². The Hall–Kier alpha value is -2.41. The highest BCUT2D eigenvalue weighted by Gasteiger charge is 2.07. The van der Waals surface area contributed by atoms with Gasteiger partial charge in [0.25, 0.3) is 0 Å². The number of hydrogen-bond donors (Lipinski definition) is 0. The molecule has 1 nitrogen and oxygen atoms in total. The SMILES string of the molecule is Cc1ccc(C)c(-c2ccc(C)c(-c3ccccn3)c2)c1. The van der Waals surface area contributed by atoms with E-state index < -0.39 is 0 Å². The molecule has 0 bridgehead atoms. The van der Waals surface area contributed by atoms with Crippen LogP contribution in [0.2, 0.25) is 0 Å². The topological polar surface area (TPSA) is 12.9 Å². The van der Waals surface area contributed by atoms with Gasteiger partial charge < -0.3 is 0 Å². The summed E-state index contributed by atoms with van der Waals surface area (Å²) in [6, 6.07) is 19.3. The summed E-state index contributed by atoms with van der Waals surface area (Å²) < 4.78 is 0. The van der Waals surface area contributed by atoms with E-state index in [1.165, 1.54) is 33.4 Å². The second kappa shape index (κ2) is 5.53. The minimum Gasteiger partial charge on any atom is -0.256 e. The van der Waals surface area contributed by atoms with Gasteiger partial charge in [0.2, 0.25) is 0 Å². The summed E-state index contributed by atoms with van der Waals surface area (Å²) in [7, 11) is 0. The molecule has 1 aromatic heterocycles. The lowest BCUT2D eigenvalue weighted by atomic mass is 9.94. The van der Waals surface area contributed by atoms with Gasteiger partial charge in [-0.3, -0.25) is 4.98 Å². The van der Waals surface area contributed by atoms with Crippen molar-refractivity contribution in [2.45, 2.75) is 20.8 Å². The van der Waals surface area contributed by atoms with Gasteiger partial charge in [0.1, 0.15) is 0 Å². The first-order valence-corrected chi connectivity index (χ1v) is 7.25. The zero-order valence-corrected chi connectivity index (χ0v) is 12.7. The molecule has 0 saturated carbocycles. The van der Waals surface area contributed by atoms with Crippen LogP contribution in [0.25, 0.3) is 22.4 Å². The summed E-state index contributed by atoms with van der Waals surface area (Å²) in [6.07, 6.45) is 1.85. The van der Waals surface area contributed by atoms with Gasteiger partial charge in [-0.2, -0.15) is 0 Å². The molecule has 0 amide bonds. The monoisotopic (exact) mass is 273 g/mol. The van der Waals surface area contributed by atoms with Crippen molar-refractivity contribution < 1.29 is 0 Å². The van der Waals surface area contributed by atoms with Crippen LogP contribution in [0, 0.1) is 20.8 Å². The number of rotatable bonds is 2. The van der Waals surface area contributed by atoms with Crippen LogP contribution in [0.5, 0.6) is 0 Å². The van der Waals surface area contributed by atoms with Gasteiger partial charge in [-0.1, -0.05) is 42.0 Å². The molecule has 0 N–H and O–H groups in total. The third-order valence-corrected chi connectivity index (χ3v) is 3.88. The zero-order valence-electron chi connectivity index (χ0n) is 12.7. The lowest BCUT2D eigenvalue weighted by Gasteiger charge is -2.11. The largest absolute Gasteiger partial charge is 0.256 e. The first kappa shape index (κ1) is 13.6. The molecule has 0 aliphatic rings. The standard InChI is InChI=1S/C20H19N/c1-14-7-8-15(2)18(12-14)17-10-9-16(3)19(13-17)20-6-4-5-11-21-20/h4-13H,1-3H3. The van der Waals surface area contributed by atoms with Crippen LogP contribution in [-0.2, 0) is 0 Å². The Bertz CT molecular complexity index is 773. The Morgan fingerprint density at radius 2 is 1.48 bits per heavy atom. The molecule has 0 aliphatic carbocycles. The molecule has 0 saturated heterocycles. The molecule has 1 heterocycles. The summed E-state index contributed by atoms with van der Waals surface area (Å²) in [5.41, 5.74) is 8.63. The summed E-state index contributed by atoms with van der Waals surface area (Å²) in [6.45, 7) is 6.43. The molecule has 2 aromatic carbocycles. The first-order chi connectivity index (χ1) is 10.1. The van der Waals surface area contributed by atoms with Crippen LogP contribution in [0.3, 0.4) is 0 Å². The quantitative estimate of drug-likeness (QED) is 0.614. The summed E-state index contributed by atoms with van der Waals surface area (Å²) in [4.78, 5) is 4.48. The Morgan fingerprint density at radius 3 is 2.24 bits per heavy atom. The first-order valence-electron chi connectivity index (χ1n) is 7.25. The molecule has 0 unspecified atom stereocenters. The lowest BCUT2D eigenvalue weighted by molar-refractivity contribution is 1.30. The van der Waals surface area contributed by atoms with Crippen molar-refractivity contribution in [3.8, 4) is 22.4 Å². The number of benzene rings is 2. The van der Waals surface area contributed by atoms with Crippen molar-refractivity contribution >= 4 is 0 Å². The smallest absolute Gasteiger partial charge is 0.0704 e. The molecule has 3 aromatic rings. The van der Waals surface area contributed by atoms with Gasteiger partial charge in [-0.15, -0.1) is 0 Å². The van der Waals surface area contributed by atoms with Crippen molar-refractivity contribution in [2.75, 3.05) is 0 Å². The van der Waals surface area contributed by atoms with Gasteiger partial charge in [0, 0.05) is 11.8 Å². The molecule has 0 atom stereocenters. The molecule has 3 rings (SSSR count). The maximum absolute atomic E-state index is 4.48. The molecule has 0 aliphatic heterocycles. The third-order valence-electron chi connectivity index (χ3n) is 3.88. The molecular formula is C20H19N. The minimum absolute atomic E-state index is 1.03. The number of hydrogen-bond acceptors (Lipinski definition) is 1. The van der Waals surface area contributed by atoms with E-state index in [0.717, 1.165) is 5.69 Å². The van der Waals surface area contributed by atoms with E-state index in [1.54, 1.807) is 0 Å². The summed E-state index contributed by atoms with van der Waals surface area (Å²) >= 11 is 0. The zero-order chi connectivity index (χ0) is 14.8. The van der Waals surface area contributed by atoms with E-state index in [-0.39, 0.29) is 0 Å². The van der Waals surface area contributed by atoms with E-state index in [2.05, 4.69) is 68.2 Å². The maximum atomic E-state index is 4.48. The average Bonchev–Trinajstić information content (AvgIpc) is 2.51. The van der Waals surface area contributed by atoms with E-state index >= 15 is 0 Å². The minimum atomic E-state index is 1.03. The van der Waals surface area contributed by atoms with Gasteiger partial charge in [-0.05, 0) is 61.2 Å². The van der Waals surface area contributed by atoms with Crippen molar-refractivity contribution in [3.63, 3.8) is 0 Å². The van der Waals surface area contributed by atoms with Gasteiger partial charge in [0.05, 0.1) is 5.69 Å². The molecule has 21 heavy (non-hydrogen) atoms. The predicted molar refractivity (Wildman–Crippen MR) is 89.3 cm³/mol. The highest BCUT2D eigenvalue weighted by Crippen LogP contribution is 2.30. The molecule has 0 spiro atoms. The number of pyridine rings is 1. The Kier molecular flexibility index (Phi) is 3.57. The summed E-state index contributed by atoms with van der Waals surface area (Å²) in [5.74, 6) is 0. The normalized spacial score (nSPS) is 10.6. The molecular weight excluding hydrogens is 254 g/mol. The van der Waals surface area contributed by atoms with E-state index in [4.69, 9.17) is 0 Å². The van der Waals surface area contributed by atoms with Gasteiger partial charge >= 0.3 is 0 Å². The average molecular weight is 273 g/mol. The Morgan fingerprint density at radius 1 is 0.714 bits per heavy atom. The predicted octanol–water partition coefficient (Wildman–Crippen LogP) is 5.34. The number of aromatic nitrogens is 1. The molecule has 1 heteroatoms. The highest BCUT2D eigenvalue weighted by molar-refractivity contribution is 5.75. The van der Waals surface area contributed by atoms with E-state index in [9.17, 15) is 0 Å². The Balaban J connectivity index is 2.16. The van der Waals surface area contributed by atoms with Gasteiger partial charge in [0.15, 0.2) is 0 Å². The van der Waals surface area contributed by atoms with Crippen molar-refractivity contribution in [3.05, 3.63) is 77.5 Å². The van der Waals surface area contributed by atoms with Crippen molar-refractivity contribution in [1.82, 2.24) is 4.98 Å². The van der Waals surface area contributed by atoms with Crippen LogP contribution in [0.15, 0.2) is 60.8 Å². The van der Waals surface area contributed by atoms with Crippen LogP contribution in [0.4, 0.5) is 0 Å². The van der Waals surface area contributed by atoms with Gasteiger partial charge in [-0.25, -0.2) is 0 Å². The Labute approximate surface area is 126 Å². The van der Waals surface area contributed by atoms with Crippen LogP contribution >= 0.6 is 0 Å². The van der Waals surface area contributed by atoms with E-state index in [0.29, 0.717) is 0 Å². The highest BCUT2D eigenvalue weighted by atomic mass is 14.7. The fourth-order valence-corrected chi connectivity index (χ4v) is 2.63. The van der Waals surface area contributed by atoms with Crippen molar-refractivity contribution in [1.29, 1.82) is 0 Å². The second-order valence-electron chi connectivity index (χ2n) is 5.56. The lowest BCUT2D eigenvalue weighted by Crippen LogP contribution is -1.90. The number of nitrogens with zero attached hydrogens (tertiary/aromatic N) is 1. The summed E-state index contributed by atoms with van der Waals surface area (Å²) in [5, 5.41) is 0. The van der Waals surface area contributed by atoms with Crippen LogP contribution in [-0.4, -0.2) is 4.98 Å².